The number of fused-ring (bicyclic) bond motifs is 2. The summed E-state index contributed by atoms with van der Waals surface area (Å²) < 4.78 is 16.3. The zero-order valence-electron chi connectivity index (χ0n) is 14.5. The zero-order valence-corrected chi connectivity index (χ0v) is 14.5. The first-order chi connectivity index (χ1) is 12.3. The van der Waals surface area contributed by atoms with Crippen LogP contribution in [0.3, 0.4) is 0 Å². The van der Waals surface area contributed by atoms with Gasteiger partial charge in [-0.1, -0.05) is 25.1 Å². The van der Waals surface area contributed by atoms with E-state index in [2.05, 4.69) is 31.2 Å². The average Bonchev–Trinajstić information content (AvgIpc) is 3.12. The van der Waals surface area contributed by atoms with Crippen LogP contribution in [0.15, 0.2) is 47.5 Å². The van der Waals surface area contributed by atoms with Crippen molar-refractivity contribution in [1.29, 1.82) is 0 Å². The van der Waals surface area contributed by atoms with Crippen LogP contribution in [0, 0.1) is 0 Å². The Hall–Kier alpha value is -2.75. The highest BCUT2D eigenvalue weighted by Gasteiger charge is 2.25. The summed E-state index contributed by atoms with van der Waals surface area (Å²) in [7, 11) is 1.67. The van der Waals surface area contributed by atoms with Crippen LogP contribution in [0.25, 0.3) is 6.08 Å². The molecule has 4 rings (SSSR count). The van der Waals surface area contributed by atoms with E-state index in [0.717, 1.165) is 47.1 Å². The summed E-state index contributed by atoms with van der Waals surface area (Å²) in [4.78, 5) is 4.81. The second-order valence-electron chi connectivity index (χ2n) is 6.23. The molecule has 4 heteroatoms. The van der Waals surface area contributed by atoms with Crippen molar-refractivity contribution in [2.45, 2.75) is 19.3 Å². The Balaban J connectivity index is 1.66. The van der Waals surface area contributed by atoms with E-state index >= 15 is 0 Å². The summed E-state index contributed by atoms with van der Waals surface area (Å²) in [5.41, 5.74) is 4.56. The lowest BCUT2D eigenvalue weighted by atomic mass is 9.87. The molecular weight excluding hydrogens is 314 g/mol. The van der Waals surface area contributed by atoms with Gasteiger partial charge < -0.3 is 14.2 Å². The van der Waals surface area contributed by atoms with Crippen molar-refractivity contribution in [3.63, 3.8) is 0 Å². The molecule has 0 spiro atoms. The van der Waals surface area contributed by atoms with E-state index < -0.39 is 0 Å². The van der Waals surface area contributed by atoms with Gasteiger partial charge in [0.2, 0.25) is 6.79 Å². The average molecular weight is 335 g/mol. The lowest BCUT2D eigenvalue weighted by molar-refractivity contribution is 0.174. The fraction of sp³-hybridized carbons (Fsp3) is 0.286. The molecule has 0 bridgehead atoms. The van der Waals surface area contributed by atoms with Crippen LogP contribution in [0.5, 0.6) is 17.2 Å². The summed E-state index contributed by atoms with van der Waals surface area (Å²) >= 11 is 0. The van der Waals surface area contributed by atoms with Gasteiger partial charge in [0.1, 0.15) is 5.75 Å². The Morgan fingerprint density at radius 2 is 1.88 bits per heavy atom. The monoisotopic (exact) mass is 335 g/mol. The molecule has 0 fully saturated rings. The first-order valence-electron chi connectivity index (χ1n) is 8.59. The highest BCUT2D eigenvalue weighted by atomic mass is 16.7. The summed E-state index contributed by atoms with van der Waals surface area (Å²) in [5.74, 6) is 2.94. The van der Waals surface area contributed by atoms with Crippen molar-refractivity contribution in [2.24, 2.45) is 4.99 Å². The SMILES string of the molecule is CCC1CN=C(/C=C/c2ccc(OC)cc2)c2cc3c(cc21)OCO3. The number of allylic oxidation sites excluding steroid dienone is 1. The molecular formula is C21H21NO3. The lowest BCUT2D eigenvalue weighted by Gasteiger charge is -2.23. The summed E-state index contributed by atoms with van der Waals surface area (Å²) in [5, 5.41) is 0. The number of nitrogens with zero attached hydrogens (tertiary/aromatic N) is 1. The molecule has 0 aromatic heterocycles. The van der Waals surface area contributed by atoms with Crippen molar-refractivity contribution in [3.05, 3.63) is 59.2 Å². The molecule has 1 atom stereocenters. The van der Waals surface area contributed by atoms with Crippen LogP contribution in [0.1, 0.15) is 36.0 Å². The van der Waals surface area contributed by atoms with E-state index in [9.17, 15) is 0 Å². The first-order valence-corrected chi connectivity index (χ1v) is 8.59. The summed E-state index contributed by atoms with van der Waals surface area (Å²) in [6.07, 6.45) is 5.22. The molecule has 2 aromatic carbocycles. The minimum atomic E-state index is 0.295. The van der Waals surface area contributed by atoms with Crippen molar-refractivity contribution in [3.8, 4) is 17.2 Å². The molecule has 0 amide bonds. The number of benzene rings is 2. The van der Waals surface area contributed by atoms with Gasteiger partial charge in [0.25, 0.3) is 0 Å². The molecule has 2 aliphatic rings. The smallest absolute Gasteiger partial charge is 0.231 e. The van der Waals surface area contributed by atoms with Crippen molar-refractivity contribution in [2.75, 3.05) is 20.4 Å². The Morgan fingerprint density at radius 1 is 1.12 bits per heavy atom. The van der Waals surface area contributed by atoms with Crippen LogP contribution in [0.2, 0.25) is 0 Å². The van der Waals surface area contributed by atoms with Gasteiger partial charge in [-0.05, 0) is 47.9 Å². The Bertz CT molecular complexity index is 837. The lowest BCUT2D eigenvalue weighted by Crippen LogP contribution is -2.16. The number of rotatable bonds is 4. The predicted molar refractivity (Wildman–Crippen MR) is 99.0 cm³/mol. The summed E-state index contributed by atoms with van der Waals surface area (Å²) in [6.45, 7) is 3.31. The third-order valence-corrected chi connectivity index (χ3v) is 4.78. The third-order valence-electron chi connectivity index (χ3n) is 4.78. The van der Waals surface area contributed by atoms with Crippen LogP contribution >= 0.6 is 0 Å². The van der Waals surface area contributed by atoms with Gasteiger partial charge in [-0.25, -0.2) is 0 Å². The van der Waals surface area contributed by atoms with Gasteiger partial charge in [-0.3, -0.25) is 4.99 Å². The highest BCUT2D eigenvalue weighted by Crippen LogP contribution is 2.40. The molecule has 0 radical (unpaired) electrons. The Morgan fingerprint density at radius 3 is 2.60 bits per heavy atom. The van der Waals surface area contributed by atoms with E-state index in [-0.39, 0.29) is 0 Å². The van der Waals surface area contributed by atoms with Gasteiger partial charge >= 0.3 is 0 Å². The maximum absolute atomic E-state index is 5.55. The quantitative estimate of drug-likeness (QED) is 0.829. The topological polar surface area (TPSA) is 40.0 Å². The number of methoxy groups -OCH3 is 1. The van der Waals surface area contributed by atoms with Gasteiger partial charge in [-0.2, -0.15) is 0 Å². The maximum Gasteiger partial charge on any atom is 0.231 e. The van der Waals surface area contributed by atoms with Crippen LogP contribution in [-0.4, -0.2) is 26.2 Å². The molecule has 2 heterocycles. The van der Waals surface area contributed by atoms with Gasteiger partial charge in [0, 0.05) is 18.0 Å². The number of hydrogen-bond acceptors (Lipinski definition) is 4. The predicted octanol–water partition coefficient (Wildman–Crippen LogP) is 4.43. The van der Waals surface area contributed by atoms with Crippen molar-refractivity contribution >= 4 is 11.8 Å². The molecule has 1 unspecified atom stereocenters. The summed E-state index contributed by atoms with van der Waals surface area (Å²) in [6, 6.07) is 12.2. The molecule has 25 heavy (non-hydrogen) atoms. The van der Waals surface area contributed by atoms with Crippen LogP contribution < -0.4 is 14.2 Å². The highest BCUT2D eigenvalue weighted by molar-refractivity contribution is 6.12. The molecule has 4 nitrogen and oxygen atoms in total. The standard InChI is InChI=1S/C21H21NO3/c1-3-15-12-22-19(9-6-14-4-7-16(23-2)8-5-14)18-11-21-20(10-17(15)18)24-13-25-21/h4-11,15H,3,12-13H2,1-2H3/b9-6+. The Kier molecular flexibility index (Phi) is 4.18. The fourth-order valence-corrected chi connectivity index (χ4v) is 3.29. The normalized spacial score (nSPS) is 18.2. The van der Waals surface area contributed by atoms with Crippen LogP contribution in [-0.2, 0) is 0 Å². The number of ether oxygens (including phenoxy) is 3. The number of aliphatic imine (C=N–C) groups is 1. The molecule has 128 valence electrons. The van der Waals surface area contributed by atoms with Gasteiger partial charge in [0.05, 0.1) is 12.8 Å². The van der Waals surface area contributed by atoms with E-state index in [1.807, 2.05) is 24.3 Å². The van der Waals surface area contributed by atoms with E-state index in [4.69, 9.17) is 19.2 Å². The fourth-order valence-electron chi connectivity index (χ4n) is 3.29. The van der Waals surface area contributed by atoms with Crippen LogP contribution in [0.4, 0.5) is 0 Å². The van der Waals surface area contributed by atoms with Gasteiger partial charge in [0.15, 0.2) is 11.5 Å². The molecule has 0 saturated heterocycles. The minimum Gasteiger partial charge on any atom is -0.497 e. The van der Waals surface area contributed by atoms with E-state index in [1.165, 1.54) is 5.56 Å². The molecule has 2 aromatic rings. The van der Waals surface area contributed by atoms with E-state index in [1.54, 1.807) is 7.11 Å². The third kappa shape index (κ3) is 3.00. The first kappa shape index (κ1) is 15.8. The van der Waals surface area contributed by atoms with Gasteiger partial charge in [-0.15, -0.1) is 0 Å². The molecule has 0 saturated carbocycles. The largest absolute Gasteiger partial charge is 0.497 e. The zero-order chi connectivity index (χ0) is 17.2. The van der Waals surface area contributed by atoms with Crippen molar-refractivity contribution in [1.82, 2.24) is 0 Å². The minimum absolute atomic E-state index is 0.295. The molecule has 2 aliphatic heterocycles. The van der Waals surface area contributed by atoms with E-state index in [0.29, 0.717) is 12.7 Å². The maximum atomic E-state index is 5.55. The second-order valence-corrected chi connectivity index (χ2v) is 6.23. The molecule has 0 N–H and O–H groups in total. The Labute approximate surface area is 147 Å². The molecule has 0 aliphatic carbocycles. The van der Waals surface area contributed by atoms with Crippen molar-refractivity contribution < 1.29 is 14.2 Å². The number of hydrogen-bond donors (Lipinski definition) is 0. The second kappa shape index (κ2) is 6.63.